The minimum atomic E-state index is 0.0747. The number of rotatable bonds is 1. The van der Waals surface area contributed by atoms with E-state index in [1.807, 2.05) is 11.3 Å². The number of benzene rings is 3. The van der Waals surface area contributed by atoms with Crippen molar-refractivity contribution in [2.24, 2.45) is 7.05 Å². The highest BCUT2D eigenvalue weighted by Gasteiger charge is 2.26. The van der Waals surface area contributed by atoms with Crippen molar-refractivity contribution in [3.63, 3.8) is 0 Å². The molecule has 1 nitrogen and oxygen atoms in total. The average Bonchev–Trinajstić information content (AvgIpc) is 3.08. The Labute approximate surface area is 182 Å². The molecule has 0 unspecified atom stereocenters. The Balaban J connectivity index is 1.96. The largest absolute Gasteiger partial charge is 0.230 e. The lowest BCUT2D eigenvalue weighted by Crippen LogP contribution is -2.30. The number of pyridine rings is 1. The van der Waals surface area contributed by atoms with E-state index in [0.29, 0.717) is 0 Å². The molecule has 2 heteroatoms. The van der Waals surface area contributed by atoms with E-state index in [1.54, 1.807) is 0 Å². The number of hydrogen-bond acceptors (Lipinski definition) is 1. The molecule has 0 fully saturated rings. The second-order valence-electron chi connectivity index (χ2n) is 9.46. The Hall–Kier alpha value is -2.71. The maximum atomic E-state index is 2.45. The zero-order valence-corrected chi connectivity index (χ0v) is 19.4. The van der Waals surface area contributed by atoms with Crippen LogP contribution in [0.25, 0.3) is 42.2 Å². The van der Waals surface area contributed by atoms with Gasteiger partial charge in [0.1, 0.15) is 11.7 Å². The minimum Gasteiger partial charge on any atom is -0.200 e. The zero-order chi connectivity index (χ0) is 21.2. The lowest BCUT2D eigenvalue weighted by atomic mass is 9.80. The summed E-state index contributed by atoms with van der Waals surface area (Å²) in [5.41, 5.74) is 6.86. The molecule has 0 aliphatic carbocycles. The van der Waals surface area contributed by atoms with Crippen molar-refractivity contribution in [3.05, 3.63) is 77.5 Å². The highest BCUT2D eigenvalue weighted by atomic mass is 32.1. The summed E-state index contributed by atoms with van der Waals surface area (Å²) in [6, 6.07) is 20.3. The highest BCUT2D eigenvalue weighted by molar-refractivity contribution is 7.26. The molecule has 2 heterocycles. The maximum Gasteiger partial charge on any atom is 0.230 e. The van der Waals surface area contributed by atoms with Gasteiger partial charge >= 0.3 is 0 Å². The molecule has 5 rings (SSSR count). The fourth-order valence-corrected chi connectivity index (χ4v) is 6.10. The molecule has 0 amide bonds. The number of hydrogen-bond donors (Lipinski definition) is 0. The van der Waals surface area contributed by atoms with Gasteiger partial charge in [-0.2, -0.15) is 4.57 Å². The SMILES string of the molecule is Cc1c(-c2c3sc4c(C)cccc4c3cc[n+]2C)cc(C(C)(C)C)c2ccccc12. The van der Waals surface area contributed by atoms with Crippen LogP contribution in [0, 0.1) is 13.8 Å². The molecular weight excluding hydrogens is 382 g/mol. The average molecular weight is 411 g/mol. The molecule has 5 aromatic rings. The summed E-state index contributed by atoms with van der Waals surface area (Å²) in [6.45, 7) is 11.4. The quantitative estimate of drug-likeness (QED) is 0.250. The molecule has 0 bridgehead atoms. The van der Waals surface area contributed by atoms with E-state index in [1.165, 1.54) is 58.9 Å². The van der Waals surface area contributed by atoms with E-state index in [-0.39, 0.29) is 5.41 Å². The van der Waals surface area contributed by atoms with Gasteiger partial charge in [0.15, 0.2) is 6.20 Å². The Bertz CT molecular complexity index is 1450. The number of fused-ring (bicyclic) bond motifs is 4. The van der Waals surface area contributed by atoms with Crippen LogP contribution in [0.4, 0.5) is 0 Å². The first-order valence-corrected chi connectivity index (χ1v) is 11.4. The van der Waals surface area contributed by atoms with Crippen LogP contribution in [0.3, 0.4) is 0 Å². The lowest BCUT2D eigenvalue weighted by molar-refractivity contribution is -0.659. The van der Waals surface area contributed by atoms with Gasteiger partial charge in [0.2, 0.25) is 5.69 Å². The van der Waals surface area contributed by atoms with Crippen molar-refractivity contribution in [3.8, 4) is 11.3 Å². The Morgan fingerprint density at radius 1 is 0.767 bits per heavy atom. The Kier molecular flexibility index (Phi) is 4.27. The van der Waals surface area contributed by atoms with Gasteiger partial charge in [-0.25, -0.2) is 0 Å². The van der Waals surface area contributed by atoms with Crippen molar-refractivity contribution in [2.45, 2.75) is 40.0 Å². The van der Waals surface area contributed by atoms with Crippen LogP contribution in [0.2, 0.25) is 0 Å². The number of nitrogens with zero attached hydrogens (tertiary/aromatic N) is 1. The van der Waals surface area contributed by atoms with E-state index in [2.05, 4.69) is 107 Å². The summed E-state index contributed by atoms with van der Waals surface area (Å²) in [5.74, 6) is 0. The molecule has 0 spiro atoms. The molecule has 3 aromatic carbocycles. The normalized spacial score (nSPS) is 12.3. The van der Waals surface area contributed by atoms with Crippen LogP contribution < -0.4 is 4.57 Å². The van der Waals surface area contributed by atoms with Gasteiger partial charge < -0.3 is 0 Å². The van der Waals surface area contributed by atoms with Crippen molar-refractivity contribution in [1.82, 2.24) is 0 Å². The van der Waals surface area contributed by atoms with Crippen LogP contribution in [-0.2, 0) is 12.5 Å². The molecule has 0 radical (unpaired) electrons. The third-order valence-corrected chi connectivity index (χ3v) is 7.72. The first-order chi connectivity index (χ1) is 14.3. The predicted octanol–water partition coefficient (Wildman–Crippen LogP) is 7.61. The van der Waals surface area contributed by atoms with Gasteiger partial charge in [-0.3, -0.25) is 0 Å². The van der Waals surface area contributed by atoms with Gasteiger partial charge in [0.25, 0.3) is 0 Å². The lowest BCUT2D eigenvalue weighted by Gasteiger charge is -2.24. The second kappa shape index (κ2) is 6.65. The van der Waals surface area contributed by atoms with Gasteiger partial charge in [-0.15, -0.1) is 11.3 Å². The third-order valence-electron chi connectivity index (χ3n) is 6.36. The predicted molar refractivity (Wildman–Crippen MR) is 132 cm³/mol. The van der Waals surface area contributed by atoms with Gasteiger partial charge in [0.05, 0.1) is 5.56 Å². The van der Waals surface area contributed by atoms with Crippen molar-refractivity contribution in [1.29, 1.82) is 0 Å². The van der Waals surface area contributed by atoms with Crippen LogP contribution >= 0.6 is 11.3 Å². The Morgan fingerprint density at radius 2 is 1.43 bits per heavy atom. The fraction of sp³-hybridized carbons (Fsp3) is 0.250. The smallest absolute Gasteiger partial charge is 0.200 e. The number of thiophene rings is 1. The van der Waals surface area contributed by atoms with E-state index in [9.17, 15) is 0 Å². The first kappa shape index (κ1) is 19.3. The Morgan fingerprint density at radius 3 is 2.17 bits per heavy atom. The van der Waals surface area contributed by atoms with Gasteiger partial charge in [0, 0.05) is 21.5 Å². The van der Waals surface area contributed by atoms with Crippen molar-refractivity contribution in [2.75, 3.05) is 0 Å². The summed E-state index contributed by atoms with van der Waals surface area (Å²) >= 11 is 1.93. The fourth-order valence-electron chi connectivity index (χ4n) is 4.74. The van der Waals surface area contributed by atoms with E-state index in [0.717, 1.165) is 0 Å². The summed E-state index contributed by atoms with van der Waals surface area (Å²) in [7, 11) is 2.18. The summed E-state index contributed by atoms with van der Waals surface area (Å²) in [6.07, 6.45) is 2.22. The minimum absolute atomic E-state index is 0.0747. The molecule has 150 valence electrons. The zero-order valence-electron chi connectivity index (χ0n) is 18.6. The standard InChI is InChI=1S/C28H28NS/c1-17-10-9-13-21-22-14-15-29(6)25(27(22)30-26(17)21)23-16-24(28(3,4)5)20-12-8-7-11-19(20)18(23)2/h7-16H,1-6H3/q+1. The topological polar surface area (TPSA) is 3.88 Å². The molecule has 0 aliphatic rings. The van der Waals surface area contributed by atoms with Crippen molar-refractivity contribution < 1.29 is 4.57 Å². The molecule has 0 atom stereocenters. The van der Waals surface area contributed by atoms with E-state index in [4.69, 9.17) is 0 Å². The van der Waals surface area contributed by atoms with Gasteiger partial charge in [-0.05, 0) is 52.8 Å². The maximum absolute atomic E-state index is 2.45. The van der Waals surface area contributed by atoms with E-state index < -0.39 is 0 Å². The summed E-state index contributed by atoms with van der Waals surface area (Å²) in [5, 5.41) is 5.45. The molecule has 2 aromatic heterocycles. The van der Waals surface area contributed by atoms with E-state index >= 15 is 0 Å². The van der Waals surface area contributed by atoms with Crippen LogP contribution in [0.15, 0.2) is 60.8 Å². The molecule has 0 saturated heterocycles. The molecule has 0 N–H and O–H groups in total. The molecular formula is C28H28NS+. The van der Waals surface area contributed by atoms with Crippen LogP contribution in [-0.4, -0.2) is 0 Å². The molecule has 0 aliphatic heterocycles. The molecule has 0 saturated carbocycles. The van der Waals surface area contributed by atoms with Crippen LogP contribution in [0.1, 0.15) is 37.5 Å². The number of aromatic nitrogens is 1. The first-order valence-electron chi connectivity index (χ1n) is 10.6. The number of aryl methyl sites for hydroxylation is 3. The third kappa shape index (κ3) is 2.78. The molecule has 30 heavy (non-hydrogen) atoms. The monoisotopic (exact) mass is 410 g/mol. The van der Waals surface area contributed by atoms with Gasteiger partial charge in [-0.1, -0.05) is 63.2 Å². The van der Waals surface area contributed by atoms with Crippen LogP contribution in [0.5, 0.6) is 0 Å². The van der Waals surface area contributed by atoms with Crippen molar-refractivity contribution >= 4 is 42.3 Å². The highest BCUT2D eigenvalue weighted by Crippen LogP contribution is 2.43. The summed E-state index contributed by atoms with van der Waals surface area (Å²) < 4.78 is 5.08. The second-order valence-corrected chi connectivity index (χ2v) is 10.5. The summed E-state index contributed by atoms with van der Waals surface area (Å²) in [4.78, 5) is 0.